The topological polar surface area (TPSA) is 30.2 Å². The molecular formula is C27H29F3O2. The normalized spacial score (nSPS) is 12.3. The smallest absolute Gasteiger partial charge is 0.346 e. The second kappa shape index (κ2) is 11.2. The predicted octanol–water partition coefficient (Wildman–Crippen LogP) is 8.16. The summed E-state index contributed by atoms with van der Waals surface area (Å²) >= 11 is 0. The van der Waals surface area contributed by atoms with Crippen LogP contribution in [-0.2, 0) is 12.8 Å². The van der Waals surface area contributed by atoms with E-state index in [1.807, 2.05) is 6.92 Å². The average Bonchev–Trinajstić information content (AvgIpc) is 2.79. The number of halogens is 3. The van der Waals surface area contributed by atoms with Crippen molar-refractivity contribution in [2.75, 3.05) is 0 Å². The fourth-order valence-corrected chi connectivity index (χ4v) is 3.84. The monoisotopic (exact) mass is 442 g/mol. The zero-order valence-corrected chi connectivity index (χ0v) is 18.6. The molecule has 2 nitrogen and oxygen atoms in total. The van der Waals surface area contributed by atoms with E-state index in [0.717, 1.165) is 50.5 Å². The quantitative estimate of drug-likeness (QED) is 0.234. The molecule has 1 heterocycles. The van der Waals surface area contributed by atoms with Gasteiger partial charge in [-0.2, -0.15) is 0 Å². The molecule has 0 fully saturated rings. The van der Waals surface area contributed by atoms with Gasteiger partial charge in [-0.1, -0.05) is 76.3 Å². The molecule has 0 unspecified atom stereocenters. The minimum Gasteiger partial charge on any atom is -0.427 e. The van der Waals surface area contributed by atoms with E-state index in [4.69, 9.17) is 4.42 Å². The Kier molecular flexibility index (Phi) is 8.32. The van der Waals surface area contributed by atoms with Crippen LogP contribution >= 0.6 is 0 Å². The van der Waals surface area contributed by atoms with E-state index in [0.29, 0.717) is 17.6 Å². The fraction of sp³-hybridized carbons (Fsp3) is 0.370. The van der Waals surface area contributed by atoms with Gasteiger partial charge < -0.3 is 4.42 Å². The van der Waals surface area contributed by atoms with Crippen molar-refractivity contribution in [2.24, 2.45) is 0 Å². The lowest BCUT2D eigenvalue weighted by Gasteiger charge is -2.08. The molecule has 0 aliphatic carbocycles. The first kappa shape index (κ1) is 23.8. The van der Waals surface area contributed by atoms with Gasteiger partial charge in [0, 0.05) is 12.0 Å². The molecule has 3 rings (SSSR count). The van der Waals surface area contributed by atoms with Crippen LogP contribution in [0, 0.1) is 5.82 Å². The van der Waals surface area contributed by atoms with Crippen LogP contribution in [0.1, 0.15) is 74.8 Å². The minimum atomic E-state index is -1.34. The summed E-state index contributed by atoms with van der Waals surface area (Å²) in [6.07, 6.45) is 7.67. The summed E-state index contributed by atoms with van der Waals surface area (Å²) in [5, 5.41) is -0.0401. The standard InChI is InChI=1S/C27H29F3O2/c1-3-5-6-7-8-10-21-17-20-15-16-22(25(29)23(20)27(31)32-21)26(30)24(28)19-13-11-18(9-4-2)12-14-19/h11-17H,3-10H2,1-2H3/b26-24+. The van der Waals surface area contributed by atoms with Crippen molar-refractivity contribution in [2.45, 2.75) is 65.2 Å². The molecule has 170 valence electrons. The van der Waals surface area contributed by atoms with Gasteiger partial charge in [-0.25, -0.2) is 18.0 Å². The summed E-state index contributed by atoms with van der Waals surface area (Å²) in [4.78, 5) is 12.4. The lowest BCUT2D eigenvalue weighted by atomic mass is 10.0. The molecule has 0 bridgehead atoms. The van der Waals surface area contributed by atoms with Crippen LogP contribution in [-0.4, -0.2) is 0 Å². The molecule has 0 amide bonds. The molecule has 0 N–H and O–H groups in total. The Hall–Kier alpha value is -2.82. The molecular weight excluding hydrogens is 413 g/mol. The van der Waals surface area contributed by atoms with Gasteiger partial charge >= 0.3 is 5.63 Å². The molecule has 0 saturated carbocycles. The molecule has 1 aromatic heterocycles. The third-order valence-electron chi connectivity index (χ3n) is 5.62. The highest BCUT2D eigenvalue weighted by Gasteiger charge is 2.20. The van der Waals surface area contributed by atoms with Crippen molar-refractivity contribution in [1.29, 1.82) is 0 Å². The van der Waals surface area contributed by atoms with Crippen LogP contribution in [0.3, 0.4) is 0 Å². The maximum Gasteiger partial charge on any atom is 0.346 e. The van der Waals surface area contributed by atoms with Gasteiger partial charge in [-0.3, -0.25) is 0 Å². The Morgan fingerprint density at radius 2 is 1.56 bits per heavy atom. The molecule has 5 heteroatoms. The lowest BCUT2D eigenvalue weighted by Crippen LogP contribution is -2.06. The minimum absolute atomic E-state index is 0.0207. The van der Waals surface area contributed by atoms with E-state index >= 15 is 4.39 Å². The summed E-state index contributed by atoms with van der Waals surface area (Å²) in [5.41, 5.74) is -0.429. The number of fused-ring (bicyclic) bond motifs is 1. The van der Waals surface area contributed by atoms with Gasteiger partial charge in [0.15, 0.2) is 11.7 Å². The highest BCUT2D eigenvalue weighted by molar-refractivity contribution is 5.90. The number of hydrogen-bond acceptors (Lipinski definition) is 2. The molecule has 0 saturated heterocycles. The predicted molar refractivity (Wildman–Crippen MR) is 124 cm³/mol. The number of rotatable bonds is 10. The Balaban J connectivity index is 1.89. The van der Waals surface area contributed by atoms with Crippen LogP contribution in [0.25, 0.3) is 22.4 Å². The van der Waals surface area contributed by atoms with Crippen molar-refractivity contribution in [3.8, 4) is 0 Å². The van der Waals surface area contributed by atoms with Gasteiger partial charge in [0.25, 0.3) is 0 Å². The number of benzene rings is 2. The van der Waals surface area contributed by atoms with Crippen LogP contribution < -0.4 is 5.63 Å². The summed E-state index contributed by atoms with van der Waals surface area (Å²) in [5.74, 6) is -3.15. The first-order chi connectivity index (χ1) is 15.5. The first-order valence-corrected chi connectivity index (χ1v) is 11.4. The SMILES string of the molecule is CCCCCCCc1cc2ccc(/C(F)=C(\F)c3ccc(CCC)cc3)c(F)c2c(=O)o1. The molecule has 0 atom stereocenters. The number of unbranched alkanes of at least 4 members (excludes halogenated alkanes) is 4. The Morgan fingerprint density at radius 3 is 2.25 bits per heavy atom. The highest BCUT2D eigenvalue weighted by Crippen LogP contribution is 2.32. The van der Waals surface area contributed by atoms with E-state index in [1.54, 1.807) is 18.2 Å². The lowest BCUT2D eigenvalue weighted by molar-refractivity contribution is 0.453. The summed E-state index contributed by atoms with van der Waals surface area (Å²) in [7, 11) is 0. The maximum absolute atomic E-state index is 15.0. The summed E-state index contributed by atoms with van der Waals surface area (Å²) in [6.45, 7) is 4.17. The van der Waals surface area contributed by atoms with E-state index in [1.165, 1.54) is 24.3 Å². The van der Waals surface area contributed by atoms with Crippen molar-refractivity contribution in [3.05, 3.63) is 81.2 Å². The molecule has 32 heavy (non-hydrogen) atoms. The molecule has 0 aliphatic rings. The zero-order chi connectivity index (χ0) is 23.1. The van der Waals surface area contributed by atoms with E-state index in [-0.39, 0.29) is 10.9 Å². The zero-order valence-electron chi connectivity index (χ0n) is 18.6. The van der Waals surface area contributed by atoms with Crippen molar-refractivity contribution >= 4 is 22.4 Å². The molecule has 0 spiro atoms. The van der Waals surface area contributed by atoms with Crippen molar-refractivity contribution in [1.82, 2.24) is 0 Å². The van der Waals surface area contributed by atoms with Crippen molar-refractivity contribution in [3.63, 3.8) is 0 Å². The van der Waals surface area contributed by atoms with E-state index < -0.39 is 28.7 Å². The third-order valence-corrected chi connectivity index (χ3v) is 5.62. The van der Waals surface area contributed by atoms with Gasteiger partial charge in [0.05, 0.1) is 5.56 Å². The Morgan fingerprint density at radius 1 is 0.844 bits per heavy atom. The van der Waals surface area contributed by atoms with Crippen LogP contribution in [0.5, 0.6) is 0 Å². The van der Waals surface area contributed by atoms with Crippen LogP contribution in [0.15, 0.2) is 51.7 Å². The number of aryl methyl sites for hydroxylation is 2. The molecule has 0 radical (unpaired) electrons. The van der Waals surface area contributed by atoms with Gasteiger partial charge in [0.2, 0.25) is 0 Å². The Labute approximate surface area is 186 Å². The average molecular weight is 443 g/mol. The Bertz CT molecular complexity index is 1140. The highest BCUT2D eigenvalue weighted by atomic mass is 19.2. The van der Waals surface area contributed by atoms with Gasteiger partial charge in [0.1, 0.15) is 17.0 Å². The first-order valence-electron chi connectivity index (χ1n) is 11.4. The number of hydrogen-bond donors (Lipinski definition) is 0. The van der Waals surface area contributed by atoms with Crippen LogP contribution in [0.2, 0.25) is 0 Å². The summed E-state index contributed by atoms with van der Waals surface area (Å²) < 4.78 is 49.9. The van der Waals surface area contributed by atoms with Gasteiger partial charge in [-0.15, -0.1) is 0 Å². The molecule has 3 aromatic rings. The van der Waals surface area contributed by atoms with E-state index in [9.17, 15) is 13.6 Å². The largest absolute Gasteiger partial charge is 0.427 e. The fourth-order valence-electron chi connectivity index (χ4n) is 3.84. The van der Waals surface area contributed by atoms with E-state index in [2.05, 4.69) is 6.92 Å². The summed E-state index contributed by atoms with van der Waals surface area (Å²) in [6, 6.07) is 10.6. The van der Waals surface area contributed by atoms with Gasteiger partial charge in [-0.05, 0) is 35.9 Å². The maximum atomic E-state index is 15.0. The molecule has 0 aliphatic heterocycles. The molecule has 2 aromatic carbocycles. The second-order valence-corrected chi connectivity index (χ2v) is 8.13. The second-order valence-electron chi connectivity index (χ2n) is 8.13. The van der Waals surface area contributed by atoms with Crippen molar-refractivity contribution < 1.29 is 17.6 Å². The van der Waals surface area contributed by atoms with Crippen LogP contribution in [0.4, 0.5) is 13.2 Å². The third kappa shape index (κ3) is 5.50.